The van der Waals surface area contributed by atoms with E-state index in [4.69, 9.17) is 11.2 Å². The minimum absolute atomic E-state index is 0.0944. The van der Waals surface area contributed by atoms with E-state index < -0.39 is 0 Å². The molecule has 0 bridgehead atoms. The van der Waals surface area contributed by atoms with Crippen LogP contribution in [0.1, 0.15) is 12.0 Å². The van der Waals surface area contributed by atoms with E-state index in [1.165, 1.54) is 0 Å². The topological polar surface area (TPSA) is 21.3 Å². The van der Waals surface area contributed by atoms with Crippen molar-refractivity contribution in [3.8, 4) is 18.1 Å². The summed E-state index contributed by atoms with van der Waals surface area (Å²) in [4.78, 5) is 0. The first kappa shape index (κ1) is 11.3. The number of hydrogen-bond donors (Lipinski definition) is 1. The summed E-state index contributed by atoms with van der Waals surface area (Å²) in [6, 6.07) is 7.91. The van der Waals surface area contributed by atoms with Crippen molar-refractivity contribution in [1.29, 1.82) is 0 Å². The molecule has 0 spiro atoms. The van der Waals surface area contributed by atoms with E-state index in [9.17, 15) is 0 Å². The molecule has 1 heterocycles. The third-order valence-corrected chi connectivity index (χ3v) is 2.88. The van der Waals surface area contributed by atoms with Crippen molar-refractivity contribution >= 4 is 5.70 Å². The fourth-order valence-electron chi connectivity index (χ4n) is 1.82. The quantitative estimate of drug-likeness (QED) is 0.781. The van der Waals surface area contributed by atoms with Gasteiger partial charge in [-0.1, -0.05) is 18.6 Å². The van der Waals surface area contributed by atoms with Gasteiger partial charge in [-0.2, -0.15) is 0 Å². The Kier molecular flexibility index (Phi) is 3.20. The first-order valence-corrected chi connectivity index (χ1v) is 5.51. The van der Waals surface area contributed by atoms with Gasteiger partial charge in [0.15, 0.2) is 0 Å². The molecule has 2 nitrogen and oxygen atoms in total. The molecule has 1 aromatic carbocycles. The molecular formula is C15H15NO. The second-order valence-electron chi connectivity index (χ2n) is 3.95. The molecule has 0 saturated heterocycles. The maximum atomic E-state index is 5.42. The molecule has 1 aliphatic rings. The van der Waals surface area contributed by atoms with Gasteiger partial charge in [0.05, 0.1) is 13.0 Å². The Morgan fingerprint density at radius 1 is 1.41 bits per heavy atom. The lowest BCUT2D eigenvalue weighted by atomic mass is 9.96. The van der Waals surface area contributed by atoms with E-state index in [0.29, 0.717) is 0 Å². The van der Waals surface area contributed by atoms with Gasteiger partial charge < -0.3 is 10.1 Å². The van der Waals surface area contributed by atoms with Crippen LogP contribution in [0.4, 0.5) is 0 Å². The van der Waals surface area contributed by atoms with E-state index in [-0.39, 0.29) is 5.92 Å². The molecule has 0 radical (unpaired) electrons. The van der Waals surface area contributed by atoms with Gasteiger partial charge in [-0.3, -0.25) is 0 Å². The Labute approximate surface area is 102 Å². The molecule has 1 N–H and O–H groups in total. The van der Waals surface area contributed by atoms with Crippen molar-refractivity contribution in [3.63, 3.8) is 0 Å². The van der Waals surface area contributed by atoms with Gasteiger partial charge in [0.25, 0.3) is 0 Å². The number of nitrogens with one attached hydrogen (secondary N) is 1. The maximum Gasteiger partial charge on any atom is 0.118 e. The summed E-state index contributed by atoms with van der Waals surface area (Å²) in [7, 11) is 1.66. The molecule has 1 atom stereocenters. The summed E-state index contributed by atoms with van der Waals surface area (Å²) in [5, 5.41) is 3.25. The second-order valence-corrected chi connectivity index (χ2v) is 3.95. The van der Waals surface area contributed by atoms with E-state index in [1.54, 1.807) is 7.11 Å². The zero-order chi connectivity index (χ0) is 12.3. The normalized spacial score (nSPS) is 18.9. The number of benzene rings is 1. The lowest BCUT2D eigenvalue weighted by Crippen LogP contribution is -2.21. The van der Waals surface area contributed by atoms with Crippen LogP contribution < -0.4 is 10.1 Å². The number of ether oxygens (including phenoxy) is 1. The molecule has 86 valence electrons. The molecule has 2 rings (SSSR count). The Bertz CT molecular complexity index is 491. The highest BCUT2D eigenvalue weighted by Crippen LogP contribution is 2.25. The fourth-order valence-corrected chi connectivity index (χ4v) is 1.82. The smallest absolute Gasteiger partial charge is 0.118 e. The highest BCUT2D eigenvalue weighted by Gasteiger charge is 2.16. The van der Waals surface area contributed by atoms with E-state index in [0.717, 1.165) is 29.1 Å². The van der Waals surface area contributed by atoms with E-state index >= 15 is 0 Å². The highest BCUT2D eigenvalue weighted by atomic mass is 16.5. The number of hydrogen-bond acceptors (Lipinski definition) is 2. The van der Waals surface area contributed by atoms with E-state index in [1.807, 2.05) is 24.3 Å². The molecule has 0 saturated carbocycles. The predicted octanol–water partition coefficient (Wildman–Crippen LogP) is 2.79. The van der Waals surface area contributed by atoms with Crippen LogP contribution >= 0.6 is 0 Å². The molecule has 1 unspecified atom stereocenters. The van der Waals surface area contributed by atoms with E-state index in [2.05, 4.69) is 23.9 Å². The lowest BCUT2D eigenvalue weighted by molar-refractivity contribution is 0.415. The van der Waals surface area contributed by atoms with Crippen molar-refractivity contribution in [1.82, 2.24) is 5.32 Å². The maximum absolute atomic E-state index is 5.42. The van der Waals surface area contributed by atoms with Crippen molar-refractivity contribution < 1.29 is 4.74 Å². The molecular weight excluding hydrogens is 210 g/mol. The first-order valence-electron chi connectivity index (χ1n) is 5.51. The monoisotopic (exact) mass is 225 g/mol. The summed E-state index contributed by atoms with van der Waals surface area (Å²) >= 11 is 0. The van der Waals surface area contributed by atoms with Crippen molar-refractivity contribution in [2.75, 3.05) is 7.11 Å². The first-order chi connectivity index (χ1) is 8.24. The Morgan fingerprint density at radius 3 is 2.65 bits per heavy atom. The summed E-state index contributed by atoms with van der Waals surface area (Å²) in [6.07, 6.45) is 8.37. The Morgan fingerprint density at radius 2 is 2.12 bits per heavy atom. The van der Waals surface area contributed by atoms with Gasteiger partial charge >= 0.3 is 0 Å². The number of methoxy groups -OCH3 is 1. The van der Waals surface area contributed by atoms with Gasteiger partial charge in [-0.15, -0.1) is 6.42 Å². The van der Waals surface area contributed by atoms with Crippen molar-refractivity contribution in [2.24, 2.45) is 5.92 Å². The van der Waals surface area contributed by atoms with Gasteiger partial charge in [-0.25, -0.2) is 0 Å². The summed E-state index contributed by atoms with van der Waals surface area (Å²) in [5.41, 5.74) is 3.06. The van der Waals surface area contributed by atoms with Crippen LogP contribution in [0.2, 0.25) is 0 Å². The Balaban J connectivity index is 2.21. The van der Waals surface area contributed by atoms with Gasteiger partial charge in [0, 0.05) is 11.4 Å². The van der Waals surface area contributed by atoms with Crippen molar-refractivity contribution in [2.45, 2.75) is 6.42 Å². The Hall–Kier alpha value is -2.14. The average molecular weight is 225 g/mol. The van der Waals surface area contributed by atoms with Gasteiger partial charge in [-0.05, 0) is 36.2 Å². The van der Waals surface area contributed by atoms with Crippen LogP contribution in [-0.2, 0) is 0 Å². The second kappa shape index (κ2) is 4.80. The fraction of sp³-hybridized carbons (Fsp3) is 0.200. The van der Waals surface area contributed by atoms with Gasteiger partial charge in [0.1, 0.15) is 5.75 Å². The molecule has 0 aromatic heterocycles. The number of terminal acetylenes is 1. The van der Waals surface area contributed by atoms with Crippen LogP contribution in [0.25, 0.3) is 5.70 Å². The lowest BCUT2D eigenvalue weighted by Gasteiger charge is -2.23. The third kappa shape index (κ3) is 2.34. The summed E-state index contributed by atoms with van der Waals surface area (Å²) in [5.74, 6) is 3.66. The standard InChI is InChI=1S/C15H15NO/c1-4-12-7-10-15(16-11(12)2)13-5-8-14(17-3)9-6-13/h1,5-6,8-10,12,16H,2,7H2,3H3. The largest absolute Gasteiger partial charge is 0.497 e. The minimum Gasteiger partial charge on any atom is -0.497 e. The molecule has 17 heavy (non-hydrogen) atoms. The van der Waals surface area contributed by atoms with Crippen LogP contribution in [0.3, 0.4) is 0 Å². The van der Waals surface area contributed by atoms with Crippen molar-refractivity contribution in [3.05, 3.63) is 48.2 Å². The molecule has 0 fully saturated rings. The highest BCUT2D eigenvalue weighted by molar-refractivity contribution is 5.67. The summed E-state index contributed by atoms with van der Waals surface area (Å²) < 4.78 is 5.13. The zero-order valence-corrected chi connectivity index (χ0v) is 9.86. The SMILES string of the molecule is C#CC1CC=C(c2ccc(OC)cc2)NC1=C. The van der Waals surface area contributed by atoms with Crippen LogP contribution in [-0.4, -0.2) is 7.11 Å². The number of rotatable bonds is 2. The molecule has 0 amide bonds. The minimum atomic E-state index is 0.0944. The van der Waals surface area contributed by atoms with Gasteiger partial charge in [0.2, 0.25) is 0 Å². The molecule has 0 aliphatic carbocycles. The zero-order valence-electron chi connectivity index (χ0n) is 9.86. The summed E-state index contributed by atoms with van der Waals surface area (Å²) in [6.45, 7) is 3.96. The molecule has 2 heteroatoms. The predicted molar refractivity (Wildman–Crippen MR) is 70.2 cm³/mol. The number of allylic oxidation sites excluding steroid dienone is 2. The van der Waals surface area contributed by atoms with Crippen LogP contribution in [0.15, 0.2) is 42.6 Å². The van der Waals surface area contributed by atoms with Crippen LogP contribution in [0, 0.1) is 18.3 Å². The average Bonchev–Trinajstić information content (AvgIpc) is 2.39. The molecule has 1 aromatic rings. The van der Waals surface area contributed by atoms with Crippen LogP contribution in [0.5, 0.6) is 5.75 Å². The molecule has 1 aliphatic heterocycles. The third-order valence-electron chi connectivity index (χ3n) is 2.88.